The number of aliphatic hydroxyl groups excluding tert-OH is 1. The van der Waals surface area contributed by atoms with Gasteiger partial charge in [-0.1, -0.05) is 23.7 Å². The van der Waals surface area contributed by atoms with Gasteiger partial charge in [-0.2, -0.15) is 0 Å². The molecule has 0 bridgehead atoms. The smallest absolute Gasteiger partial charge is 0.255 e. The average Bonchev–Trinajstić information content (AvgIpc) is 2.34. The van der Waals surface area contributed by atoms with E-state index in [9.17, 15) is 8.78 Å². The number of nitrogens with one attached hydrogen (secondary N) is 1. The van der Waals surface area contributed by atoms with Crippen molar-refractivity contribution in [3.63, 3.8) is 0 Å². The normalized spacial score (nSPS) is 12.0. The van der Waals surface area contributed by atoms with E-state index >= 15 is 0 Å². The maximum absolute atomic E-state index is 12.8. The van der Waals surface area contributed by atoms with Crippen LogP contribution in [0.1, 0.15) is 26.3 Å². The molecule has 0 aliphatic rings. The number of aliphatic hydroxyl groups is 1. The largest absolute Gasteiger partial charge is 0.395 e. The third-order valence-corrected chi connectivity index (χ3v) is 3.23. The van der Waals surface area contributed by atoms with Crippen molar-refractivity contribution < 1.29 is 13.9 Å². The highest BCUT2D eigenvalue weighted by Gasteiger charge is 2.19. The summed E-state index contributed by atoms with van der Waals surface area (Å²) in [4.78, 5) is 1.44. The van der Waals surface area contributed by atoms with Crippen molar-refractivity contribution >= 4 is 17.3 Å². The topological polar surface area (TPSA) is 35.5 Å². The minimum Gasteiger partial charge on any atom is -0.395 e. The number of rotatable bonds is 7. The van der Waals surface area contributed by atoms with Gasteiger partial charge in [0.05, 0.1) is 23.9 Å². The lowest BCUT2D eigenvalue weighted by Gasteiger charge is -2.29. The van der Waals surface area contributed by atoms with Crippen LogP contribution in [-0.4, -0.2) is 36.8 Å². The van der Waals surface area contributed by atoms with Crippen LogP contribution < -0.4 is 10.2 Å². The molecule has 21 heavy (non-hydrogen) atoms. The van der Waals surface area contributed by atoms with Crippen LogP contribution in [0.4, 0.5) is 14.5 Å². The van der Waals surface area contributed by atoms with Crippen LogP contribution in [0.5, 0.6) is 0 Å². The van der Waals surface area contributed by atoms with Gasteiger partial charge >= 0.3 is 0 Å². The summed E-state index contributed by atoms with van der Waals surface area (Å²) >= 11 is 6.20. The third-order valence-electron chi connectivity index (χ3n) is 2.92. The SMILES string of the molecule is CC(C)(C)NCc1cccc(Cl)c1N(CCO)CC(F)F. The Morgan fingerprint density at radius 3 is 2.52 bits per heavy atom. The van der Waals surface area contributed by atoms with E-state index in [-0.39, 0.29) is 18.7 Å². The molecule has 1 aromatic carbocycles. The molecular weight excluding hydrogens is 298 g/mol. The van der Waals surface area contributed by atoms with Crippen molar-refractivity contribution in [2.24, 2.45) is 0 Å². The Hall–Kier alpha value is -0.910. The fourth-order valence-corrected chi connectivity index (χ4v) is 2.31. The zero-order chi connectivity index (χ0) is 16.0. The molecule has 0 aromatic heterocycles. The van der Waals surface area contributed by atoms with Crippen LogP contribution in [0, 0.1) is 0 Å². The number of anilines is 1. The van der Waals surface area contributed by atoms with E-state index in [4.69, 9.17) is 16.7 Å². The first-order valence-corrected chi connectivity index (χ1v) is 7.29. The van der Waals surface area contributed by atoms with Crippen LogP contribution in [-0.2, 0) is 6.54 Å². The van der Waals surface area contributed by atoms with E-state index in [0.29, 0.717) is 17.3 Å². The number of halogens is 3. The van der Waals surface area contributed by atoms with Crippen LogP contribution in [0.15, 0.2) is 18.2 Å². The Morgan fingerprint density at radius 1 is 1.33 bits per heavy atom. The maximum atomic E-state index is 12.8. The molecule has 0 fully saturated rings. The van der Waals surface area contributed by atoms with E-state index in [1.54, 1.807) is 12.1 Å². The second kappa shape index (κ2) is 7.92. The maximum Gasteiger partial charge on any atom is 0.255 e. The summed E-state index contributed by atoms with van der Waals surface area (Å²) in [6, 6.07) is 5.33. The molecule has 0 saturated carbocycles. The molecule has 3 nitrogen and oxygen atoms in total. The van der Waals surface area contributed by atoms with Gasteiger partial charge in [-0.15, -0.1) is 0 Å². The molecular formula is C15H23ClF2N2O. The molecule has 0 radical (unpaired) electrons. The second-order valence-corrected chi connectivity index (χ2v) is 6.32. The molecule has 0 spiro atoms. The second-order valence-electron chi connectivity index (χ2n) is 5.91. The van der Waals surface area contributed by atoms with E-state index < -0.39 is 13.0 Å². The fraction of sp³-hybridized carbons (Fsp3) is 0.600. The molecule has 0 aliphatic carbocycles. The summed E-state index contributed by atoms with van der Waals surface area (Å²) < 4.78 is 25.5. The van der Waals surface area contributed by atoms with Gasteiger partial charge in [0.15, 0.2) is 0 Å². The van der Waals surface area contributed by atoms with Gasteiger partial charge in [0.1, 0.15) is 0 Å². The molecule has 0 unspecified atom stereocenters. The summed E-state index contributed by atoms with van der Waals surface area (Å²) in [5.74, 6) is 0. The highest BCUT2D eigenvalue weighted by Crippen LogP contribution is 2.30. The molecule has 0 saturated heterocycles. The monoisotopic (exact) mass is 320 g/mol. The zero-order valence-electron chi connectivity index (χ0n) is 12.7. The van der Waals surface area contributed by atoms with Crippen LogP contribution in [0.2, 0.25) is 5.02 Å². The summed E-state index contributed by atoms with van der Waals surface area (Å²) in [5.41, 5.74) is 1.31. The molecule has 0 amide bonds. The van der Waals surface area contributed by atoms with Crippen LogP contribution >= 0.6 is 11.6 Å². The van der Waals surface area contributed by atoms with Crippen molar-refractivity contribution in [2.75, 3.05) is 24.6 Å². The van der Waals surface area contributed by atoms with E-state index in [0.717, 1.165) is 5.56 Å². The van der Waals surface area contributed by atoms with Gasteiger partial charge < -0.3 is 15.3 Å². The number of hydrogen-bond acceptors (Lipinski definition) is 3. The van der Waals surface area contributed by atoms with E-state index in [1.165, 1.54) is 4.90 Å². The molecule has 0 atom stereocenters. The number of benzene rings is 1. The Bertz CT molecular complexity index is 450. The van der Waals surface area contributed by atoms with Gasteiger partial charge in [-0.05, 0) is 32.4 Å². The van der Waals surface area contributed by atoms with E-state index in [1.807, 2.05) is 26.8 Å². The lowest BCUT2D eigenvalue weighted by atomic mass is 10.1. The van der Waals surface area contributed by atoms with Gasteiger partial charge in [0.2, 0.25) is 0 Å². The number of nitrogens with zero attached hydrogens (tertiary/aromatic N) is 1. The van der Waals surface area contributed by atoms with Crippen molar-refractivity contribution in [1.29, 1.82) is 0 Å². The summed E-state index contributed by atoms with van der Waals surface area (Å²) in [6.45, 7) is 6.07. The van der Waals surface area contributed by atoms with Crippen molar-refractivity contribution in [3.05, 3.63) is 28.8 Å². The first-order chi connectivity index (χ1) is 9.74. The quantitative estimate of drug-likeness (QED) is 0.809. The van der Waals surface area contributed by atoms with Crippen molar-refractivity contribution in [1.82, 2.24) is 5.32 Å². The standard InChI is InChI=1S/C15H23ClF2N2O/c1-15(2,3)19-9-11-5-4-6-12(16)14(11)20(7-8-21)10-13(17)18/h4-6,13,19,21H,7-10H2,1-3H3. The Kier molecular flexibility index (Phi) is 6.84. The van der Waals surface area contributed by atoms with Gasteiger partial charge in [0.25, 0.3) is 6.43 Å². The first-order valence-electron chi connectivity index (χ1n) is 6.91. The van der Waals surface area contributed by atoms with Crippen molar-refractivity contribution in [3.8, 4) is 0 Å². The fourth-order valence-electron chi connectivity index (χ4n) is 2.00. The number of para-hydroxylation sites is 1. The molecule has 6 heteroatoms. The molecule has 0 aliphatic heterocycles. The Balaban J connectivity index is 3.06. The first kappa shape index (κ1) is 18.1. The minimum atomic E-state index is -2.49. The summed E-state index contributed by atoms with van der Waals surface area (Å²) in [5, 5.41) is 12.8. The molecule has 0 heterocycles. The van der Waals surface area contributed by atoms with Crippen LogP contribution in [0.3, 0.4) is 0 Å². The van der Waals surface area contributed by atoms with Gasteiger partial charge in [0, 0.05) is 18.6 Å². The lowest BCUT2D eigenvalue weighted by Crippen LogP contribution is -2.37. The van der Waals surface area contributed by atoms with Crippen molar-refractivity contribution in [2.45, 2.75) is 39.3 Å². The summed E-state index contributed by atoms with van der Waals surface area (Å²) in [7, 11) is 0. The zero-order valence-corrected chi connectivity index (χ0v) is 13.4. The Labute approximate surface area is 129 Å². The minimum absolute atomic E-state index is 0.0931. The molecule has 120 valence electrons. The highest BCUT2D eigenvalue weighted by molar-refractivity contribution is 6.33. The molecule has 1 aromatic rings. The van der Waals surface area contributed by atoms with Crippen LogP contribution in [0.25, 0.3) is 0 Å². The van der Waals surface area contributed by atoms with E-state index in [2.05, 4.69) is 5.32 Å². The predicted molar refractivity (Wildman–Crippen MR) is 83.3 cm³/mol. The molecule has 2 N–H and O–H groups in total. The highest BCUT2D eigenvalue weighted by atomic mass is 35.5. The third kappa shape index (κ3) is 6.16. The average molecular weight is 321 g/mol. The van der Waals surface area contributed by atoms with Gasteiger partial charge in [-0.25, -0.2) is 8.78 Å². The number of alkyl halides is 2. The Morgan fingerprint density at radius 2 is 2.00 bits per heavy atom. The molecule has 1 rings (SSSR count). The lowest BCUT2D eigenvalue weighted by molar-refractivity contribution is 0.152. The number of hydrogen-bond donors (Lipinski definition) is 2. The summed E-state index contributed by atoms with van der Waals surface area (Å²) in [6.07, 6.45) is -2.49. The predicted octanol–water partition coefficient (Wildman–Crippen LogP) is 3.29. The van der Waals surface area contributed by atoms with Gasteiger partial charge in [-0.3, -0.25) is 0 Å².